The number of hydrogen-bond donors (Lipinski definition) is 1. The first-order valence-corrected chi connectivity index (χ1v) is 7.42. The van der Waals surface area contributed by atoms with Crippen molar-refractivity contribution in [3.63, 3.8) is 0 Å². The first kappa shape index (κ1) is 14.3. The Morgan fingerprint density at radius 3 is 2.67 bits per heavy atom. The van der Waals surface area contributed by atoms with E-state index in [1.165, 1.54) is 25.7 Å². The summed E-state index contributed by atoms with van der Waals surface area (Å²) in [4.78, 5) is 2.56. The number of methoxy groups -OCH3 is 1. The van der Waals surface area contributed by atoms with Crippen LogP contribution in [0.1, 0.15) is 32.6 Å². The fourth-order valence-corrected chi connectivity index (χ4v) is 2.70. The Kier molecular flexibility index (Phi) is 5.89. The number of nitrogens with zero attached hydrogens (tertiary/aromatic N) is 1. The second-order valence-electron chi connectivity index (χ2n) is 5.48. The number of hydrogen-bond acceptors (Lipinski definition) is 4. The standard InChI is InChI=1S/C14H28N2O2/c1-3-15-10-13-6-7-14(18-13)11-16(8-9-17-2)12-4-5-12/h12-15H,3-11H2,1-2H3. The van der Waals surface area contributed by atoms with Gasteiger partial charge in [-0.3, -0.25) is 4.90 Å². The Bertz CT molecular complexity index is 234. The van der Waals surface area contributed by atoms with E-state index in [9.17, 15) is 0 Å². The minimum atomic E-state index is 0.429. The minimum Gasteiger partial charge on any atom is -0.383 e. The number of likely N-dealkylation sites (N-methyl/N-ethyl adjacent to an activating group) is 1. The quantitative estimate of drug-likeness (QED) is 0.673. The molecule has 2 fully saturated rings. The first-order chi connectivity index (χ1) is 8.83. The van der Waals surface area contributed by atoms with Crippen LogP contribution >= 0.6 is 0 Å². The molecule has 1 aliphatic heterocycles. The van der Waals surface area contributed by atoms with Crippen LogP contribution in [-0.4, -0.2) is 63.0 Å². The summed E-state index contributed by atoms with van der Waals surface area (Å²) in [6.45, 7) is 7.17. The molecule has 1 aliphatic carbocycles. The van der Waals surface area contributed by atoms with Crippen molar-refractivity contribution in [3.8, 4) is 0 Å². The lowest BCUT2D eigenvalue weighted by atomic mass is 10.2. The van der Waals surface area contributed by atoms with Crippen LogP contribution in [-0.2, 0) is 9.47 Å². The maximum absolute atomic E-state index is 6.11. The molecular formula is C14H28N2O2. The fraction of sp³-hybridized carbons (Fsp3) is 1.00. The maximum Gasteiger partial charge on any atom is 0.0707 e. The molecule has 2 rings (SSSR count). The van der Waals surface area contributed by atoms with Gasteiger partial charge in [-0.05, 0) is 32.2 Å². The molecule has 1 saturated carbocycles. The minimum absolute atomic E-state index is 0.429. The molecule has 4 nitrogen and oxygen atoms in total. The van der Waals surface area contributed by atoms with E-state index >= 15 is 0 Å². The first-order valence-electron chi connectivity index (χ1n) is 7.42. The van der Waals surface area contributed by atoms with E-state index < -0.39 is 0 Å². The van der Waals surface area contributed by atoms with Gasteiger partial charge in [-0.2, -0.15) is 0 Å². The summed E-state index contributed by atoms with van der Waals surface area (Å²) in [5.74, 6) is 0. The molecule has 4 heteroatoms. The van der Waals surface area contributed by atoms with Crippen molar-refractivity contribution in [2.45, 2.75) is 50.9 Å². The summed E-state index contributed by atoms with van der Waals surface area (Å²) in [5, 5.41) is 3.37. The van der Waals surface area contributed by atoms with Crippen molar-refractivity contribution in [2.24, 2.45) is 0 Å². The average Bonchev–Trinajstić information content (AvgIpc) is 3.13. The van der Waals surface area contributed by atoms with Gasteiger partial charge in [0.25, 0.3) is 0 Å². The summed E-state index contributed by atoms with van der Waals surface area (Å²) in [6.07, 6.45) is 6.01. The maximum atomic E-state index is 6.11. The van der Waals surface area contributed by atoms with Crippen LogP contribution in [0.5, 0.6) is 0 Å². The highest BCUT2D eigenvalue weighted by molar-refractivity contribution is 4.87. The van der Waals surface area contributed by atoms with Gasteiger partial charge in [0.1, 0.15) is 0 Å². The summed E-state index contributed by atoms with van der Waals surface area (Å²) >= 11 is 0. The fourth-order valence-electron chi connectivity index (χ4n) is 2.70. The van der Waals surface area contributed by atoms with Gasteiger partial charge in [-0.25, -0.2) is 0 Å². The molecule has 0 bridgehead atoms. The molecule has 18 heavy (non-hydrogen) atoms. The smallest absolute Gasteiger partial charge is 0.0707 e. The predicted molar refractivity (Wildman–Crippen MR) is 72.9 cm³/mol. The Balaban J connectivity index is 1.68. The topological polar surface area (TPSA) is 33.7 Å². The van der Waals surface area contributed by atoms with Gasteiger partial charge >= 0.3 is 0 Å². The zero-order valence-corrected chi connectivity index (χ0v) is 11.9. The molecule has 0 spiro atoms. The van der Waals surface area contributed by atoms with E-state index in [1.807, 2.05) is 0 Å². The Labute approximate surface area is 111 Å². The third kappa shape index (κ3) is 4.50. The van der Waals surface area contributed by atoms with E-state index in [0.29, 0.717) is 12.2 Å². The average molecular weight is 256 g/mol. The molecule has 1 heterocycles. The second-order valence-corrected chi connectivity index (χ2v) is 5.48. The number of ether oxygens (including phenoxy) is 2. The number of nitrogens with one attached hydrogen (secondary N) is 1. The predicted octanol–water partition coefficient (Wildman–Crippen LogP) is 1.25. The molecule has 0 radical (unpaired) electrons. The van der Waals surface area contributed by atoms with Crippen molar-refractivity contribution in [3.05, 3.63) is 0 Å². The van der Waals surface area contributed by atoms with Crippen molar-refractivity contribution in [1.29, 1.82) is 0 Å². The molecule has 0 aromatic rings. The Hall–Kier alpha value is -0.160. The molecule has 0 aromatic heterocycles. The van der Waals surface area contributed by atoms with Crippen LogP contribution in [0.2, 0.25) is 0 Å². The van der Waals surface area contributed by atoms with Crippen LogP contribution in [0, 0.1) is 0 Å². The molecule has 1 N–H and O–H groups in total. The SMILES string of the molecule is CCNCC1CCC(CN(CCOC)C2CC2)O1. The van der Waals surface area contributed by atoms with Crippen molar-refractivity contribution < 1.29 is 9.47 Å². The largest absolute Gasteiger partial charge is 0.383 e. The summed E-state index contributed by atoms with van der Waals surface area (Å²) in [6, 6.07) is 0.802. The lowest BCUT2D eigenvalue weighted by Crippen LogP contribution is -2.37. The Morgan fingerprint density at radius 2 is 2.00 bits per heavy atom. The van der Waals surface area contributed by atoms with Gasteiger partial charge in [0, 0.05) is 32.8 Å². The van der Waals surface area contributed by atoms with E-state index in [0.717, 1.165) is 38.8 Å². The van der Waals surface area contributed by atoms with E-state index in [2.05, 4.69) is 17.1 Å². The summed E-state index contributed by atoms with van der Waals surface area (Å²) in [5.41, 5.74) is 0. The third-order valence-electron chi connectivity index (χ3n) is 3.90. The van der Waals surface area contributed by atoms with Crippen LogP contribution < -0.4 is 5.32 Å². The zero-order valence-electron chi connectivity index (χ0n) is 11.9. The zero-order chi connectivity index (χ0) is 12.8. The van der Waals surface area contributed by atoms with Crippen LogP contribution in [0.4, 0.5) is 0 Å². The highest BCUT2D eigenvalue weighted by atomic mass is 16.5. The van der Waals surface area contributed by atoms with Crippen LogP contribution in [0.25, 0.3) is 0 Å². The van der Waals surface area contributed by atoms with Gasteiger partial charge in [0.2, 0.25) is 0 Å². The summed E-state index contributed by atoms with van der Waals surface area (Å²) in [7, 11) is 1.78. The van der Waals surface area contributed by atoms with Gasteiger partial charge in [-0.15, -0.1) is 0 Å². The molecule has 1 saturated heterocycles. The van der Waals surface area contributed by atoms with Gasteiger partial charge in [-0.1, -0.05) is 6.92 Å². The van der Waals surface area contributed by atoms with E-state index in [4.69, 9.17) is 9.47 Å². The third-order valence-corrected chi connectivity index (χ3v) is 3.90. The van der Waals surface area contributed by atoms with Crippen molar-refractivity contribution in [1.82, 2.24) is 10.2 Å². The second kappa shape index (κ2) is 7.43. The molecule has 0 amide bonds. The van der Waals surface area contributed by atoms with Crippen molar-refractivity contribution >= 4 is 0 Å². The molecule has 0 aromatic carbocycles. The lowest BCUT2D eigenvalue weighted by Gasteiger charge is -2.25. The van der Waals surface area contributed by atoms with E-state index in [-0.39, 0.29) is 0 Å². The highest BCUT2D eigenvalue weighted by Crippen LogP contribution is 2.29. The molecular weight excluding hydrogens is 228 g/mol. The summed E-state index contributed by atoms with van der Waals surface area (Å²) < 4.78 is 11.3. The van der Waals surface area contributed by atoms with Crippen LogP contribution in [0.15, 0.2) is 0 Å². The van der Waals surface area contributed by atoms with Crippen LogP contribution in [0.3, 0.4) is 0 Å². The van der Waals surface area contributed by atoms with E-state index in [1.54, 1.807) is 7.11 Å². The molecule has 2 unspecified atom stereocenters. The van der Waals surface area contributed by atoms with Gasteiger partial charge in [0.15, 0.2) is 0 Å². The lowest BCUT2D eigenvalue weighted by molar-refractivity contribution is 0.0170. The Morgan fingerprint density at radius 1 is 1.22 bits per heavy atom. The molecule has 106 valence electrons. The van der Waals surface area contributed by atoms with Gasteiger partial charge < -0.3 is 14.8 Å². The normalized spacial score (nSPS) is 28.2. The highest BCUT2D eigenvalue weighted by Gasteiger charge is 2.33. The number of rotatable bonds is 9. The molecule has 2 aliphatic rings. The van der Waals surface area contributed by atoms with Crippen molar-refractivity contribution in [2.75, 3.05) is 39.9 Å². The molecule has 2 atom stereocenters. The van der Waals surface area contributed by atoms with Gasteiger partial charge in [0.05, 0.1) is 18.8 Å². The monoisotopic (exact) mass is 256 g/mol.